The van der Waals surface area contributed by atoms with Crippen LogP contribution >= 0.6 is 0 Å². The maximum atomic E-state index is 9.07. The van der Waals surface area contributed by atoms with Gasteiger partial charge in [0.2, 0.25) is 0 Å². The second kappa shape index (κ2) is 1.69. The minimum atomic E-state index is -0.667. The van der Waals surface area contributed by atoms with E-state index in [2.05, 4.69) is 0 Å². The average Bonchev–Trinajstić information content (AvgIpc) is 0.811. The van der Waals surface area contributed by atoms with E-state index in [1.54, 1.807) is 0 Å². The molecule has 2 nitrogen and oxygen atoms in total. The van der Waals surface area contributed by atoms with Gasteiger partial charge in [-0.1, -0.05) is 0 Å². The third-order valence-electron chi connectivity index (χ3n) is 0. The van der Waals surface area contributed by atoms with Crippen LogP contribution in [0.25, 0.3) is 0 Å². The fraction of sp³-hybridized carbons (Fsp3) is 0. The van der Waals surface area contributed by atoms with E-state index in [1.165, 1.54) is 0 Å². The van der Waals surface area contributed by atoms with Crippen molar-refractivity contribution in [2.45, 2.75) is 0 Å². The van der Waals surface area contributed by atoms with Crippen molar-refractivity contribution >= 4 is 29.3 Å². The number of carboxylic acid groups (broad SMARTS) is 1. The molecule has 22 valence electrons. The van der Waals surface area contributed by atoms with Crippen molar-refractivity contribution in [2.75, 3.05) is 0 Å². The molecule has 2 radical (unpaired) electrons. The molecule has 4 heavy (non-hydrogen) atoms. The van der Waals surface area contributed by atoms with E-state index in [1.807, 2.05) is 0 Å². The van der Waals surface area contributed by atoms with E-state index in [-0.39, 0.29) is 25.8 Å². The van der Waals surface area contributed by atoms with Gasteiger partial charge in [-0.2, -0.15) is 0 Å². The minimum absolute atomic E-state index is 0.102. The summed E-state index contributed by atoms with van der Waals surface area (Å²) in [6.45, 7) is 0. The molecule has 0 fully saturated rings. The van der Waals surface area contributed by atoms with Crippen molar-refractivity contribution in [3.63, 3.8) is 0 Å². The Bertz CT molecular complexity index is 29.0. The fourth-order valence-corrected chi connectivity index (χ4v) is 0. The van der Waals surface area contributed by atoms with Crippen molar-refractivity contribution in [3.8, 4) is 0 Å². The molecule has 0 aromatic rings. The van der Waals surface area contributed by atoms with Crippen molar-refractivity contribution in [1.82, 2.24) is 0 Å². The summed E-state index contributed by atoms with van der Waals surface area (Å²) in [5, 5.41) is 7.49. The van der Waals surface area contributed by atoms with Gasteiger partial charge in [0.15, 0.2) is 0 Å². The summed E-state index contributed by atoms with van der Waals surface area (Å²) < 4.78 is -0.667. The molecule has 0 spiro atoms. The van der Waals surface area contributed by atoms with Gasteiger partial charge in [0.05, 0.1) is 0 Å². The number of hydrogen-bond acceptors (Lipinski definition) is 1. The Morgan fingerprint density at radius 2 is 2.00 bits per heavy atom. The van der Waals surface area contributed by atoms with Crippen molar-refractivity contribution in [1.29, 1.82) is 0 Å². The summed E-state index contributed by atoms with van der Waals surface area (Å²) in [5.41, 5.74) is 0. The molecule has 0 heterocycles. The summed E-state index contributed by atoms with van der Waals surface area (Å²) in [6.07, 6.45) is 0. The first kappa shape index (κ1) is 4.39. The Morgan fingerprint density at radius 1 is 2.00 bits per heavy atom. The normalized spacial score (nSPS) is 6.25. The van der Waals surface area contributed by atoms with Gasteiger partial charge in [0.1, 0.15) is 0 Å². The van der Waals surface area contributed by atoms with E-state index < -0.39 is 3.53 Å². The third-order valence-corrected chi connectivity index (χ3v) is 0. The second-order valence-electron chi connectivity index (χ2n) is 0.338. The van der Waals surface area contributed by atoms with Crippen LogP contribution in [0.15, 0.2) is 0 Å². The summed E-state index contributed by atoms with van der Waals surface area (Å²) in [6, 6.07) is 0. The first-order valence-corrected chi connectivity index (χ1v) is 2.96. The van der Waals surface area contributed by atoms with Crippen LogP contribution in [-0.4, -0.2) is 34.4 Å². The maximum absolute atomic E-state index is 9.07. The van der Waals surface area contributed by atoms with Gasteiger partial charge in [-0.3, -0.25) is 0 Å². The molecule has 0 aliphatic rings. The Hall–Kier alpha value is 0.392. The van der Waals surface area contributed by atoms with Crippen molar-refractivity contribution in [3.05, 3.63) is 0 Å². The van der Waals surface area contributed by atoms with Gasteiger partial charge >= 0.3 is 39.2 Å². The molecule has 0 aromatic carbocycles. The zero-order valence-electron chi connectivity index (χ0n) is 1.93. The summed E-state index contributed by atoms with van der Waals surface area (Å²) in [5.74, 6) is 0. The summed E-state index contributed by atoms with van der Waals surface area (Å²) in [7, 11) is 0. The predicted octanol–water partition coefficient (Wildman–Crippen LogP) is -0.435. The molecule has 0 amide bonds. The Labute approximate surface area is 39.5 Å². The van der Waals surface area contributed by atoms with Gasteiger partial charge in [-0.25, -0.2) is 0 Å². The van der Waals surface area contributed by atoms with Crippen LogP contribution in [0.4, 0.5) is 4.79 Å². The van der Waals surface area contributed by atoms with Crippen LogP contribution in [0.2, 0.25) is 0 Å². The van der Waals surface area contributed by atoms with Gasteiger partial charge in [0.25, 0.3) is 0 Å². The Morgan fingerprint density at radius 3 is 2.00 bits per heavy atom. The van der Waals surface area contributed by atoms with Crippen LogP contribution in [0.5, 0.6) is 0 Å². The van der Waals surface area contributed by atoms with E-state index in [9.17, 15) is 0 Å². The Kier molecular flexibility index (Phi) is 1.85. The van der Waals surface area contributed by atoms with E-state index in [4.69, 9.17) is 9.90 Å². The van der Waals surface area contributed by atoms with Gasteiger partial charge in [-0.05, 0) is 0 Å². The van der Waals surface area contributed by atoms with E-state index >= 15 is 0 Å². The molecule has 3 heteroatoms. The van der Waals surface area contributed by atoms with Crippen LogP contribution < -0.4 is 0 Å². The number of rotatable bonds is 0. The molecule has 0 unspecified atom stereocenters. The van der Waals surface area contributed by atoms with Crippen LogP contribution in [-0.2, 0) is 0 Å². The van der Waals surface area contributed by atoms with E-state index in [0.717, 1.165) is 0 Å². The fourth-order valence-electron chi connectivity index (χ4n) is 0. The first-order chi connectivity index (χ1) is 1.73. The molecule has 1 N–H and O–H groups in total. The molecule has 0 bridgehead atoms. The molecule has 0 atom stereocenters. The van der Waals surface area contributed by atoms with Gasteiger partial charge in [-0.15, -0.1) is 0 Å². The predicted molar refractivity (Wildman–Crippen MR) is 15.2 cm³/mol. The monoisotopic (exact) mass is 254 g/mol. The SMILES string of the molecule is O=[C](O)[PbH]. The molecule has 0 aliphatic carbocycles. The van der Waals surface area contributed by atoms with Crippen molar-refractivity contribution < 1.29 is 9.90 Å². The van der Waals surface area contributed by atoms with Gasteiger partial charge < -0.3 is 0 Å². The van der Waals surface area contributed by atoms with Gasteiger partial charge in [0, 0.05) is 0 Å². The molecule has 0 saturated heterocycles. The Balaban J connectivity index is 2.80. The standard InChI is InChI=1S/CHO2.Pb.H/c2-1-3;;/h(H,2,3);;. The summed E-state index contributed by atoms with van der Waals surface area (Å²) >= 11 is 0.102. The van der Waals surface area contributed by atoms with E-state index in [0.29, 0.717) is 0 Å². The first-order valence-electron chi connectivity index (χ1n) is 0.716. The average molecular weight is 253 g/mol. The molecule has 0 aliphatic heterocycles. The third kappa shape index (κ3) is 30.2. The zero-order chi connectivity index (χ0) is 3.58. The molecule has 0 aromatic heterocycles. The quantitative estimate of drug-likeness (QED) is 0.595. The zero-order valence-corrected chi connectivity index (χ0v) is 6.42. The topological polar surface area (TPSA) is 37.3 Å². The second-order valence-corrected chi connectivity index (χ2v) is 2.26. The molecular weight excluding hydrogens is 251 g/mol. The molecule has 0 saturated carbocycles. The molecule has 0 rings (SSSR count). The van der Waals surface area contributed by atoms with Crippen LogP contribution in [0.3, 0.4) is 0 Å². The van der Waals surface area contributed by atoms with Crippen molar-refractivity contribution in [2.24, 2.45) is 0 Å². The number of carbonyl (C=O) groups is 1. The summed E-state index contributed by atoms with van der Waals surface area (Å²) in [4.78, 5) is 9.07. The number of hydrogen-bond donors (Lipinski definition) is 1. The van der Waals surface area contributed by atoms with Crippen LogP contribution in [0, 0.1) is 0 Å². The van der Waals surface area contributed by atoms with Crippen LogP contribution in [0.1, 0.15) is 0 Å². The molecular formula is CH2O2Pb.